The Hall–Kier alpha value is -3.02. The number of nitrogens with one attached hydrogen (secondary N) is 1. The second kappa shape index (κ2) is 9.96. The van der Waals surface area contributed by atoms with Crippen molar-refractivity contribution in [1.82, 2.24) is 4.98 Å². The molecule has 0 aliphatic heterocycles. The molecule has 0 radical (unpaired) electrons. The van der Waals surface area contributed by atoms with Gasteiger partial charge in [0.2, 0.25) is 11.8 Å². The predicted octanol–water partition coefficient (Wildman–Crippen LogP) is 4.85. The highest BCUT2D eigenvalue weighted by molar-refractivity contribution is 7.17. The van der Waals surface area contributed by atoms with Crippen LogP contribution in [0.3, 0.4) is 0 Å². The standard InChI is InChI=1S/C21H20N4O2S2/c1-15-8-9-18(29-15)17-14-28-21(23-17)24-19(26)10-11-20(27)25(13-5-12-22)16-6-3-2-4-7-16/h2-4,6-9,14H,5,10-11,13H2,1H3,(H,23,24,26). The number of para-hydroxylation sites is 1. The molecule has 2 heterocycles. The van der Waals surface area contributed by atoms with Gasteiger partial charge in [-0.15, -0.1) is 22.7 Å². The third-order valence-electron chi connectivity index (χ3n) is 4.13. The highest BCUT2D eigenvalue weighted by Gasteiger charge is 2.17. The van der Waals surface area contributed by atoms with E-state index in [9.17, 15) is 9.59 Å². The van der Waals surface area contributed by atoms with Gasteiger partial charge in [0.15, 0.2) is 5.13 Å². The first kappa shape index (κ1) is 20.7. The summed E-state index contributed by atoms with van der Waals surface area (Å²) < 4.78 is 0. The smallest absolute Gasteiger partial charge is 0.227 e. The molecule has 8 heteroatoms. The van der Waals surface area contributed by atoms with Crippen molar-refractivity contribution < 1.29 is 9.59 Å². The third-order valence-corrected chi connectivity index (χ3v) is 5.91. The number of anilines is 2. The molecule has 29 heavy (non-hydrogen) atoms. The van der Waals surface area contributed by atoms with E-state index in [1.54, 1.807) is 16.2 Å². The number of benzene rings is 1. The number of aryl methyl sites for hydroxylation is 1. The number of carbonyl (C=O) groups excluding carboxylic acids is 2. The van der Waals surface area contributed by atoms with E-state index in [1.165, 1.54) is 16.2 Å². The second-order valence-corrected chi connectivity index (χ2v) is 8.43. The van der Waals surface area contributed by atoms with E-state index in [-0.39, 0.29) is 31.1 Å². The van der Waals surface area contributed by atoms with Crippen LogP contribution in [0.25, 0.3) is 10.6 Å². The average molecular weight is 425 g/mol. The lowest BCUT2D eigenvalue weighted by Gasteiger charge is -2.21. The van der Waals surface area contributed by atoms with Crippen LogP contribution in [0.15, 0.2) is 47.8 Å². The van der Waals surface area contributed by atoms with Gasteiger partial charge in [-0.05, 0) is 31.2 Å². The van der Waals surface area contributed by atoms with Gasteiger partial charge in [-0.25, -0.2) is 4.98 Å². The van der Waals surface area contributed by atoms with E-state index in [4.69, 9.17) is 5.26 Å². The molecule has 0 saturated heterocycles. The molecule has 148 valence electrons. The Morgan fingerprint density at radius 3 is 2.66 bits per heavy atom. The summed E-state index contributed by atoms with van der Waals surface area (Å²) in [6.07, 6.45) is 0.354. The van der Waals surface area contributed by atoms with Crippen LogP contribution in [-0.2, 0) is 9.59 Å². The van der Waals surface area contributed by atoms with Gasteiger partial charge in [0.05, 0.1) is 23.1 Å². The first-order chi connectivity index (χ1) is 14.1. The van der Waals surface area contributed by atoms with Crippen LogP contribution in [-0.4, -0.2) is 23.3 Å². The molecule has 2 aromatic heterocycles. The molecule has 0 atom stereocenters. The fourth-order valence-corrected chi connectivity index (χ4v) is 4.35. The number of rotatable bonds is 8. The molecule has 1 aromatic carbocycles. The van der Waals surface area contributed by atoms with Gasteiger partial charge in [-0.1, -0.05) is 18.2 Å². The Morgan fingerprint density at radius 2 is 1.97 bits per heavy atom. The lowest BCUT2D eigenvalue weighted by molar-refractivity contribution is -0.122. The van der Waals surface area contributed by atoms with Gasteiger partial charge < -0.3 is 10.2 Å². The summed E-state index contributed by atoms with van der Waals surface area (Å²) in [5, 5.41) is 14.0. The van der Waals surface area contributed by atoms with E-state index < -0.39 is 0 Å². The molecule has 1 N–H and O–H groups in total. The summed E-state index contributed by atoms with van der Waals surface area (Å²) >= 11 is 3.02. The Bertz CT molecular complexity index is 1020. The molecule has 6 nitrogen and oxygen atoms in total. The number of thiophene rings is 1. The van der Waals surface area contributed by atoms with Gasteiger partial charge in [-0.3, -0.25) is 9.59 Å². The monoisotopic (exact) mass is 424 g/mol. The zero-order valence-corrected chi connectivity index (χ0v) is 17.6. The Labute approximate surface area is 177 Å². The molecule has 0 bridgehead atoms. The van der Waals surface area contributed by atoms with Crippen LogP contribution in [0.5, 0.6) is 0 Å². The summed E-state index contributed by atoms with van der Waals surface area (Å²) in [7, 11) is 0. The van der Waals surface area contributed by atoms with Crippen molar-refractivity contribution in [2.75, 3.05) is 16.8 Å². The van der Waals surface area contributed by atoms with Crippen molar-refractivity contribution in [3.05, 3.63) is 52.7 Å². The summed E-state index contributed by atoms with van der Waals surface area (Å²) in [6, 6.07) is 15.3. The Morgan fingerprint density at radius 1 is 1.17 bits per heavy atom. The zero-order chi connectivity index (χ0) is 20.6. The highest BCUT2D eigenvalue weighted by Crippen LogP contribution is 2.30. The number of hydrogen-bond acceptors (Lipinski definition) is 6. The molecular weight excluding hydrogens is 404 g/mol. The maximum absolute atomic E-state index is 12.6. The van der Waals surface area contributed by atoms with E-state index in [1.807, 2.05) is 54.8 Å². The SMILES string of the molecule is Cc1ccc(-c2csc(NC(=O)CCC(=O)N(CCC#N)c3ccccc3)n2)s1. The number of nitriles is 1. The molecule has 3 rings (SSSR count). The summed E-state index contributed by atoms with van der Waals surface area (Å²) in [5.41, 5.74) is 1.56. The van der Waals surface area contributed by atoms with Crippen molar-refractivity contribution in [2.45, 2.75) is 26.2 Å². The molecular formula is C21H20N4O2S2. The van der Waals surface area contributed by atoms with Crippen molar-refractivity contribution >= 4 is 45.3 Å². The molecule has 0 aliphatic rings. The number of amides is 2. The first-order valence-electron chi connectivity index (χ1n) is 9.11. The minimum absolute atomic E-state index is 0.0573. The first-order valence-corrected chi connectivity index (χ1v) is 10.8. The molecule has 3 aromatic rings. The van der Waals surface area contributed by atoms with E-state index in [0.29, 0.717) is 11.7 Å². The average Bonchev–Trinajstić information content (AvgIpc) is 3.36. The second-order valence-electron chi connectivity index (χ2n) is 6.29. The highest BCUT2D eigenvalue weighted by atomic mass is 32.1. The van der Waals surface area contributed by atoms with Crippen LogP contribution in [0.4, 0.5) is 10.8 Å². The Kier molecular flexibility index (Phi) is 7.11. The topological polar surface area (TPSA) is 86.1 Å². The van der Waals surface area contributed by atoms with Crippen molar-refractivity contribution in [2.24, 2.45) is 0 Å². The molecule has 0 fully saturated rings. The largest absolute Gasteiger partial charge is 0.311 e. The minimum atomic E-state index is -0.255. The predicted molar refractivity (Wildman–Crippen MR) is 117 cm³/mol. The number of nitrogens with zero attached hydrogens (tertiary/aromatic N) is 3. The molecule has 2 amide bonds. The van der Waals surface area contributed by atoms with Crippen LogP contribution in [0.1, 0.15) is 24.1 Å². The van der Waals surface area contributed by atoms with Gasteiger partial charge in [0, 0.05) is 35.3 Å². The van der Waals surface area contributed by atoms with E-state index in [0.717, 1.165) is 16.3 Å². The molecule has 0 aliphatic carbocycles. The van der Waals surface area contributed by atoms with Gasteiger partial charge >= 0.3 is 0 Å². The summed E-state index contributed by atoms with van der Waals surface area (Å²) in [4.78, 5) is 33.2. The van der Waals surface area contributed by atoms with Crippen molar-refractivity contribution in [3.63, 3.8) is 0 Å². The normalized spacial score (nSPS) is 10.3. The van der Waals surface area contributed by atoms with Crippen LogP contribution in [0, 0.1) is 18.3 Å². The van der Waals surface area contributed by atoms with Crippen LogP contribution >= 0.6 is 22.7 Å². The fraction of sp³-hybridized carbons (Fsp3) is 0.238. The minimum Gasteiger partial charge on any atom is -0.311 e. The Balaban J connectivity index is 1.56. The van der Waals surface area contributed by atoms with E-state index in [2.05, 4.69) is 16.4 Å². The lowest BCUT2D eigenvalue weighted by Crippen LogP contribution is -2.32. The van der Waals surface area contributed by atoms with E-state index >= 15 is 0 Å². The fourth-order valence-electron chi connectivity index (χ4n) is 2.72. The summed E-state index contributed by atoms with van der Waals surface area (Å²) in [6.45, 7) is 2.34. The number of hydrogen-bond donors (Lipinski definition) is 1. The maximum Gasteiger partial charge on any atom is 0.227 e. The molecule has 0 spiro atoms. The van der Waals surface area contributed by atoms with Crippen LogP contribution < -0.4 is 10.2 Å². The zero-order valence-electron chi connectivity index (χ0n) is 15.9. The van der Waals surface area contributed by atoms with Gasteiger partial charge in [0.25, 0.3) is 0 Å². The number of carbonyl (C=O) groups is 2. The number of thiazole rings is 1. The van der Waals surface area contributed by atoms with Crippen molar-refractivity contribution in [3.8, 4) is 16.6 Å². The quantitative estimate of drug-likeness (QED) is 0.560. The molecule has 0 unspecified atom stereocenters. The van der Waals surface area contributed by atoms with Gasteiger partial charge in [-0.2, -0.15) is 5.26 Å². The van der Waals surface area contributed by atoms with Crippen LogP contribution in [0.2, 0.25) is 0 Å². The maximum atomic E-state index is 12.6. The molecule has 0 saturated carbocycles. The number of aromatic nitrogens is 1. The van der Waals surface area contributed by atoms with Crippen molar-refractivity contribution in [1.29, 1.82) is 5.26 Å². The lowest BCUT2D eigenvalue weighted by atomic mass is 10.2. The summed E-state index contributed by atoms with van der Waals surface area (Å²) in [5.74, 6) is -0.439. The third kappa shape index (κ3) is 5.73. The van der Waals surface area contributed by atoms with Gasteiger partial charge in [0.1, 0.15) is 0 Å².